The van der Waals surface area contributed by atoms with Gasteiger partial charge in [0, 0.05) is 25.3 Å². The number of ether oxygens (including phenoxy) is 1. The molecular formula is C27H43N3O6S. The SMILES string of the molecule is CCC1(c2cccc(OC(=O)CCC(NC(C)=O)C(=O)NC(C(=O)O)C(C)C)c2)CCCCN(C)C1.S. The van der Waals surface area contributed by atoms with Crippen LogP contribution < -0.4 is 15.4 Å². The van der Waals surface area contributed by atoms with Gasteiger partial charge in [-0.3, -0.25) is 14.4 Å². The Morgan fingerprint density at radius 2 is 1.86 bits per heavy atom. The van der Waals surface area contributed by atoms with Gasteiger partial charge in [0.1, 0.15) is 17.8 Å². The van der Waals surface area contributed by atoms with Gasteiger partial charge >= 0.3 is 11.9 Å². The number of carbonyl (C=O) groups excluding carboxylic acids is 3. The number of carbonyl (C=O) groups is 4. The van der Waals surface area contributed by atoms with E-state index < -0.39 is 35.8 Å². The molecule has 1 aliphatic heterocycles. The van der Waals surface area contributed by atoms with Crippen LogP contribution in [0.3, 0.4) is 0 Å². The van der Waals surface area contributed by atoms with Gasteiger partial charge in [0.15, 0.2) is 0 Å². The zero-order valence-corrected chi connectivity index (χ0v) is 23.6. The first-order valence-electron chi connectivity index (χ1n) is 12.8. The molecule has 1 heterocycles. The van der Waals surface area contributed by atoms with E-state index >= 15 is 0 Å². The van der Waals surface area contributed by atoms with Crippen molar-refractivity contribution in [2.75, 3.05) is 20.1 Å². The number of likely N-dealkylation sites (N-methyl/N-ethyl adjacent to an activating group) is 1. The van der Waals surface area contributed by atoms with Crippen LogP contribution in [0.2, 0.25) is 0 Å². The number of nitrogens with one attached hydrogen (secondary N) is 2. The molecule has 2 amide bonds. The second kappa shape index (κ2) is 15.0. The molecule has 0 aromatic heterocycles. The van der Waals surface area contributed by atoms with Crippen molar-refractivity contribution >= 4 is 37.2 Å². The van der Waals surface area contributed by atoms with Crippen LogP contribution in [-0.4, -0.2) is 66.0 Å². The molecule has 1 aliphatic rings. The summed E-state index contributed by atoms with van der Waals surface area (Å²) in [7, 11) is 2.14. The number of esters is 1. The van der Waals surface area contributed by atoms with Gasteiger partial charge in [-0.05, 0) is 62.9 Å². The maximum Gasteiger partial charge on any atom is 0.326 e. The minimum Gasteiger partial charge on any atom is -0.480 e. The number of hydrogen-bond acceptors (Lipinski definition) is 6. The molecule has 3 unspecified atom stereocenters. The van der Waals surface area contributed by atoms with Gasteiger partial charge in [0.2, 0.25) is 11.8 Å². The van der Waals surface area contributed by atoms with E-state index in [1.807, 2.05) is 12.1 Å². The topological polar surface area (TPSA) is 125 Å². The van der Waals surface area contributed by atoms with Crippen LogP contribution in [0.25, 0.3) is 0 Å². The van der Waals surface area contributed by atoms with Gasteiger partial charge in [-0.25, -0.2) is 4.79 Å². The monoisotopic (exact) mass is 537 g/mol. The predicted molar refractivity (Wildman–Crippen MR) is 147 cm³/mol. The second-order valence-electron chi connectivity index (χ2n) is 10.2. The fourth-order valence-corrected chi connectivity index (χ4v) is 4.86. The fraction of sp³-hybridized carbons (Fsp3) is 0.630. The van der Waals surface area contributed by atoms with Crippen LogP contribution in [-0.2, 0) is 24.6 Å². The summed E-state index contributed by atoms with van der Waals surface area (Å²) < 4.78 is 5.60. The molecule has 1 aromatic rings. The lowest BCUT2D eigenvalue weighted by molar-refractivity contribution is -0.143. The number of nitrogens with zero attached hydrogens (tertiary/aromatic N) is 1. The molecule has 0 bridgehead atoms. The molecule has 2 rings (SSSR count). The lowest BCUT2D eigenvalue weighted by atomic mass is 9.74. The highest BCUT2D eigenvalue weighted by Gasteiger charge is 2.33. The van der Waals surface area contributed by atoms with Crippen LogP contribution in [0, 0.1) is 5.92 Å². The highest BCUT2D eigenvalue weighted by Crippen LogP contribution is 2.37. The summed E-state index contributed by atoms with van der Waals surface area (Å²) in [5.74, 6) is -2.69. The van der Waals surface area contributed by atoms with Crippen molar-refractivity contribution in [1.82, 2.24) is 15.5 Å². The molecule has 1 aromatic carbocycles. The normalized spacial score (nSPS) is 19.6. The molecule has 9 nitrogen and oxygen atoms in total. The largest absolute Gasteiger partial charge is 0.480 e. The lowest BCUT2D eigenvalue weighted by Gasteiger charge is -2.35. The van der Waals surface area contributed by atoms with Gasteiger partial charge in [-0.1, -0.05) is 39.3 Å². The average Bonchev–Trinajstić information content (AvgIpc) is 3.01. The second-order valence-corrected chi connectivity index (χ2v) is 10.2. The molecule has 3 N–H and O–H groups in total. The number of rotatable bonds is 11. The molecule has 1 saturated heterocycles. The standard InChI is InChI=1S/C27H41N3O6.H2S/c1-6-27(14-7-8-15-30(5)17-27)20-10-9-11-21(16-20)36-23(32)13-12-22(28-19(4)31)25(33)29-24(18(2)3)26(34)35;/h9-11,16,18,22,24H,6-8,12-15,17H2,1-5H3,(H,28,31)(H,29,33)(H,34,35);1H2. The third-order valence-corrected chi connectivity index (χ3v) is 6.93. The molecule has 3 atom stereocenters. The number of carboxylic acids is 1. The van der Waals surface area contributed by atoms with E-state index in [0.717, 1.165) is 37.9 Å². The van der Waals surface area contributed by atoms with Gasteiger partial charge in [0.05, 0.1) is 0 Å². The molecule has 1 fully saturated rings. The van der Waals surface area contributed by atoms with Crippen LogP contribution in [0.5, 0.6) is 5.75 Å². The van der Waals surface area contributed by atoms with E-state index in [1.54, 1.807) is 19.9 Å². The van der Waals surface area contributed by atoms with Gasteiger partial charge < -0.3 is 25.4 Å². The summed E-state index contributed by atoms with van der Waals surface area (Å²) in [5, 5.41) is 14.3. The van der Waals surface area contributed by atoms with Gasteiger partial charge in [-0.15, -0.1) is 0 Å². The van der Waals surface area contributed by atoms with E-state index in [0.29, 0.717) is 5.75 Å². The summed E-state index contributed by atoms with van der Waals surface area (Å²) in [6.45, 7) is 8.82. The van der Waals surface area contributed by atoms with Crippen molar-refractivity contribution in [2.24, 2.45) is 5.92 Å². The first kappa shape index (κ1) is 32.4. The van der Waals surface area contributed by atoms with Crippen LogP contribution >= 0.6 is 13.5 Å². The molecule has 0 saturated carbocycles. The number of likely N-dealkylation sites (tertiary alicyclic amines) is 1. The number of amides is 2. The van der Waals surface area contributed by atoms with Crippen LogP contribution in [0.4, 0.5) is 0 Å². The maximum absolute atomic E-state index is 12.7. The highest BCUT2D eigenvalue weighted by atomic mass is 32.1. The van der Waals surface area contributed by atoms with Crippen LogP contribution in [0.15, 0.2) is 24.3 Å². The molecule has 0 radical (unpaired) electrons. The van der Waals surface area contributed by atoms with E-state index in [-0.39, 0.29) is 37.7 Å². The molecule has 10 heteroatoms. The Morgan fingerprint density at radius 3 is 2.46 bits per heavy atom. The van der Waals surface area contributed by atoms with Crippen molar-refractivity contribution in [3.05, 3.63) is 29.8 Å². The third-order valence-electron chi connectivity index (χ3n) is 6.93. The molecule has 208 valence electrons. The number of aliphatic carboxylic acids is 1. The van der Waals surface area contributed by atoms with Crippen molar-refractivity contribution < 1.29 is 29.0 Å². The Kier molecular flexibility index (Phi) is 13.1. The van der Waals surface area contributed by atoms with Gasteiger partial charge in [-0.2, -0.15) is 13.5 Å². The Balaban J connectivity index is 0.00000684. The van der Waals surface area contributed by atoms with Crippen molar-refractivity contribution in [3.63, 3.8) is 0 Å². The van der Waals surface area contributed by atoms with Crippen molar-refractivity contribution in [1.29, 1.82) is 0 Å². The number of hydrogen-bond donors (Lipinski definition) is 3. The fourth-order valence-electron chi connectivity index (χ4n) is 4.86. The van der Waals surface area contributed by atoms with Crippen molar-refractivity contribution in [3.8, 4) is 5.75 Å². The summed E-state index contributed by atoms with van der Waals surface area (Å²) in [5.41, 5.74) is 1.15. The van der Waals surface area contributed by atoms with Gasteiger partial charge in [0.25, 0.3) is 0 Å². The predicted octanol–water partition coefficient (Wildman–Crippen LogP) is 2.98. The number of benzene rings is 1. The Labute approximate surface area is 227 Å². The van der Waals surface area contributed by atoms with Crippen molar-refractivity contribution in [2.45, 2.75) is 83.7 Å². The summed E-state index contributed by atoms with van der Waals surface area (Å²) in [4.78, 5) is 50.7. The zero-order chi connectivity index (χ0) is 26.9. The maximum atomic E-state index is 12.7. The summed E-state index contributed by atoms with van der Waals surface area (Å²) >= 11 is 0. The van der Waals surface area contributed by atoms with E-state index in [4.69, 9.17) is 4.74 Å². The minimum absolute atomic E-state index is 0. The molecular weight excluding hydrogens is 494 g/mol. The molecule has 0 aliphatic carbocycles. The van der Waals surface area contributed by atoms with E-state index in [2.05, 4.69) is 35.6 Å². The summed E-state index contributed by atoms with van der Waals surface area (Å²) in [6, 6.07) is 5.50. The van der Waals surface area contributed by atoms with E-state index in [9.17, 15) is 24.3 Å². The van der Waals surface area contributed by atoms with Crippen LogP contribution in [0.1, 0.15) is 71.8 Å². The highest BCUT2D eigenvalue weighted by molar-refractivity contribution is 7.59. The molecule has 0 spiro atoms. The minimum atomic E-state index is -1.16. The quantitative estimate of drug-likeness (QED) is 0.293. The Morgan fingerprint density at radius 1 is 1.16 bits per heavy atom. The van der Waals surface area contributed by atoms with E-state index in [1.165, 1.54) is 13.3 Å². The average molecular weight is 538 g/mol. The first-order valence-corrected chi connectivity index (χ1v) is 12.8. The smallest absolute Gasteiger partial charge is 0.326 e. The molecule has 37 heavy (non-hydrogen) atoms. The summed E-state index contributed by atoms with van der Waals surface area (Å²) in [6.07, 6.45) is 4.23. The first-order chi connectivity index (χ1) is 17.0. The number of carboxylic acid groups (broad SMARTS) is 1. The third kappa shape index (κ3) is 9.66. The lowest BCUT2D eigenvalue weighted by Crippen LogP contribution is -2.53. The Bertz CT molecular complexity index is 940. The Hall–Kier alpha value is -2.59. The zero-order valence-electron chi connectivity index (χ0n) is 22.6.